The second-order valence-electron chi connectivity index (χ2n) is 13.5. The standard InChI is InChI=1S/2C21H36O5.Zr/c2*1-5-8-14-23-17-21(4,26-22)20-18(24-15-9-6-2)12-11-13-19(20)25-16-10-7-3;/h2*11-13,22H,5-10,14-17H2,1-4H3;/q;;+2/p-2. The van der Waals surface area contributed by atoms with Crippen LogP contribution in [0.15, 0.2) is 36.4 Å². The van der Waals surface area contributed by atoms with E-state index in [2.05, 4.69) is 51.3 Å². The summed E-state index contributed by atoms with van der Waals surface area (Å²) < 4.78 is 35.2. The van der Waals surface area contributed by atoms with Crippen LogP contribution in [0.5, 0.6) is 23.0 Å². The molecule has 0 radical (unpaired) electrons. The van der Waals surface area contributed by atoms with Crippen LogP contribution in [-0.4, -0.2) is 52.9 Å². The minimum absolute atomic E-state index is 0. The Bertz CT molecular complexity index is 1020. The molecule has 0 saturated heterocycles. The van der Waals surface area contributed by atoms with Crippen LogP contribution >= 0.6 is 0 Å². The van der Waals surface area contributed by atoms with Crippen molar-refractivity contribution >= 4 is 0 Å². The first-order chi connectivity index (χ1) is 25.2. The SMILES string of the molecule is CCCCOCC(C)(O[O-])c1c(OCCCC)cccc1OCCCC.CCCCOCC(C)(O[O-])c1c(OCCCC)cccc1OCCCC.[Zr+2]. The number of ether oxygens (including phenoxy) is 6. The maximum Gasteiger partial charge on any atom is 2.00 e. The zero-order chi connectivity index (χ0) is 38.5. The molecule has 0 saturated carbocycles. The van der Waals surface area contributed by atoms with Gasteiger partial charge in [0.1, 0.15) is 34.2 Å². The molecule has 53 heavy (non-hydrogen) atoms. The fraction of sp³-hybridized carbons (Fsp3) is 0.714. The largest absolute Gasteiger partial charge is 2.00 e. The van der Waals surface area contributed by atoms with Gasteiger partial charge >= 0.3 is 26.2 Å². The Labute approximate surface area is 340 Å². The van der Waals surface area contributed by atoms with E-state index < -0.39 is 11.2 Å². The van der Waals surface area contributed by atoms with Crippen LogP contribution in [-0.2, 0) is 56.7 Å². The van der Waals surface area contributed by atoms with Crippen molar-refractivity contribution in [1.29, 1.82) is 0 Å². The van der Waals surface area contributed by atoms with Crippen molar-refractivity contribution in [1.82, 2.24) is 0 Å². The van der Waals surface area contributed by atoms with Gasteiger partial charge in [0.25, 0.3) is 0 Å². The molecule has 0 spiro atoms. The zero-order valence-electron chi connectivity index (χ0n) is 34.2. The Balaban J connectivity index is 0.00000100. The van der Waals surface area contributed by atoms with Crippen molar-refractivity contribution in [2.45, 2.75) is 144 Å². The molecule has 2 unspecified atom stereocenters. The number of rotatable bonds is 30. The van der Waals surface area contributed by atoms with Crippen LogP contribution in [0.3, 0.4) is 0 Å². The molecule has 0 heterocycles. The topological polar surface area (TPSA) is 120 Å². The summed E-state index contributed by atoms with van der Waals surface area (Å²) in [5.74, 6) is 2.52. The van der Waals surface area contributed by atoms with Gasteiger partial charge in [-0.1, -0.05) is 92.2 Å². The summed E-state index contributed by atoms with van der Waals surface area (Å²) in [6.45, 7) is 20.0. The average molecular weight is 826 g/mol. The zero-order valence-corrected chi connectivity index (χ0v) is 36.6. The molecule has 10 nitrogen and oxygen atoms in total. The van der Waals surface area contributed by atoms with Crippen molar-refractivity contribution in [3.05, 3.63) is 47.5 Å². The first kappa shape index (κ1) is 51.3. The van der Waals surface area contributed by atoms with Crippen LogP contribution in [0.4, 0.5) is 0 Å². The van der Waals surface area contributed by atoms with Crippen molar-refractivity contribution < 1.29 is 74.9 Å². The van der Waals surface area contributed by atoms with Gasteiger partial charge in [0.05, 0.1) is 50.8 Å². The Morgan fingerprint density at radius 1 is 0.434 bits per heavy atom. The summed E-state index contributed by atoms with van der Waals surface area (Å²) >= 11 is 0. The first-order valence-electron chi connectivity index (χ1n) is 19.8. The summed E-state index contributed by atoms with van der Waals surface area (Å²) in [7, 11) is 0. The van der Waals surface area contributed by atoms with Crippen LogP contribution in [0.2, 0.25) is 0 Å². The quantitative estimate of drug-likeness (QED) is 0.0430. The Morgan fingerprint density at radius 3 is 0.906 bits per heavy atom. The van der Waals surface area contributed by atoms with Crippen LogP contribution < -0.4 is 29.5 Å². The van der Waals surface area contributed by atoms with E-state index in [0.717, 1.165) is 77.0 Å². The number of hydrogen-bond acceptors (Lipinski definition) is 10. The third kappa shape index (κ3) is 19.1. The molecule has 11 heteroatoms. The number of benzene rings is 2. The maximum absolute atomic E-state index is 11.7. The molecule has 0 aliphatic rings. The van der Waals surface area contributed by atoms with E-state index in [1.807, 2.05) is 36.4 Å². The molecule has 0 fully saturated rings. The second-order valence-corrected chi connectivity index (χ2v) is 13.5. The maximum atomic E-state index is 11.7. The molecule has 302 valence electrons. The van der Waals surface area contributed by atoms with Gasteiger partial charge in [-0.2, -0.15) is 0 Å². The van der Waals surface area contributed by atoms with Gasteiger partial charge in [-0.3, -0.25) is 0 Å². The van der Waals surface area contributed by atoms with Gasteiger partial charge in [0, 0.05) is 13.2 Å². The normalized spacial score (nSPS) is 13.2. The van der Waals surface area contributed by atoms with E-state index in [1.165, 1.54) is 0 Å². The molecule has 0 aromatic heterocycles. The number of unbranched alkanes of at least 4 members (excludes halogenated alkanes) is 6. The first-order valence-corrected chi connectivity index (χ1v) is 19.8. The second kappa shape index (κ2) is 31.5. The van der Waals surface area contributed by atoms with Crippen LogP contribution in [0.25, 0.3) is 0 Å². The van der Waals surface area contributed by atoms with Crippen LogP contribution in [0, 0.1) is 0 Å². The monoisotopic (exact) mass is 824 g/mol. The van der Waals surface area contributed by atoms with E-state index >= 15 is 0 Å². The van der Waals surface area contributed by atoms with E-state index in [9.17, 15) is 10.5 Å². The molecular formula is C42H70O10Zr. The molecule has 2 atom stereocenters. The van der Waals surface area contributed by atoms with Gasteiger partial charge in [0.15, 0.2) is 0 Å². The fourth-order valence-electron chi connectivity index (χ4n) is 5.15. The van der Waals surface area contributed by atoms with E-state index in [0.29, 0.717) is 73.8 Å². The van der Waals surface area contributed by atoms with E-state index in [1.54, 1.807) is 13.8 Å². The Kier molecular flexibility index (Phi) is 30.5. The molecular weight excluding hydrogens is 756 g/mol. The molecule has 0 bridgehead atoms. The van der Waals surface area contributed by atoms with Crippen molar-refractivity contribution in [2.24, 2.45) is 0 Å². The molecule has 0 aliphatic carbocycles. The molecule has 0 amide bonds. The van der Waals surface area contributed by atoms with Crippen molar-refractivity contribution in [3.63, 3.8) is 0 Å². The predicted molar refractivity (Wildman–Crippen MR) is 203 cm³/mol. The summed E-state index contributed by atoms with van der Waals surface area (Å²) in [4.78, 5) is 9.33. The van der Waals surface area contributed by atoms with E-state index in [4.69, 9.17) is 28.4 Å². The molecule has 0 aliphatic heterocycles. The smallest absolute Gasteiger partial charge is 0.723 e. The third-order valence-corrected chi connectivity index (χ3v) is 8.46. The van der Waals surface area contributed by atoms with Crippen molar-refractivity contribution in [2.75, 3.05) is 52.9 Å². The number of hydrogen-bond donors (Lipinski definition) is 0. The summed E-state index contributed by atoms with van der Waals surface area (Å²) in [5.41, 5.74) is -1.06. The van der Waals surface area contributed by atoms with Gasteiger partial charge in [-0.15, -0.1) is 0 Å². The molecule has 2 aromatic rings. The van der Waals surface area contributed by atoms with Gasteiger partial charge in [-0.05, 0) is 76.6 Å². The van der Waals surface area contributed by atoms with Crippen LogP contribution in [0.1, 0.15) is 144 Å². The predicted octanol–water partition coefficient (Wildman–Crippen LogP) is 8.73. The molecule has 2 rings (SSSR count). The molecule has 2 aromatic carbocycles. The van der Waals surface area contributed by atoms with Crippen molar-refractivity contribution in [3.8, 4) is 23.0 Å². The third-order valence-electron chi connectivity index (χ3n) is 8.46. The summed E-state index contributed by atoms with van der Waals surface area (Å²) in [6.07, 6.45) is 11.9. The minimum Gasteiger partial charge on any atom is -0.723 e. The van der Waals surface area contributed by atoms with Gasteiger partial charge < -0.3 is 48.7 Å². The van der Waals surface area contributed by atoms with E-state index in [-0.39, 0.29) is 39.4 Å². The van der Waals surface area contributed by atoms with Gasteiger partial charge in [0.2, 0.25) is 0 Å². The fourth-order valence-corrected chi connectivity index (χ4v) is 5.15. The Morgan fingerprint density at radius 2 is 0.679 bits per heavy atom. The summed E-state index contributed by atoms with van der Waals surface area (Å²) in [5, 5.41) is 23.4. The summed E-state index contributed by atoms with van der Waals surface area (Å²) in [6, 6.07) is 11.2. The Hall–Kier alpha value is -1.72. The minimum atomic E-state index is -1.17. The molecule has 0 N–H and O–H groups in total. The average Bonchev–Trinajstić information content (AvgIpc) is 3.16. The van der Waals surface area contributed by atoms with Gasteiger partial charge in [-0.25, -0.2) is 0 Å².